The highest BCUT2D eigenvalue weighted by Crippen LogP contribution is 2.29. The minimum absolute atomic E-state index is 0.198. The highest BCUT2D eigenvalue weighted by Gasteiger charge is 2.22. The molecule has 31 heavy (non-hydrogen) atoms. The Morgan fingerprint density at radius 2 is 1.94 bits per heavy atom. The summed E-state index contributed by atoms with van der Waals surface area (Å²) in [5.41, 5.74) is 1.77. The maximum Gasteiger partial charge on any atom is 0.263 e. The maximum atomic E-state index is 12.2. The van der Waals surface area contributed by atoms with Gasteiger partial charge in [-0.3, -0.25) is 9.78 Å². The van der Waals surface area contributed by atoms with E-state index in [2.05, 4.69) is 22.1 Å². The van der Waals surface area contributed by atoms with Gasteiger partial charge < -0.3 is 9.73 Å². The van der Waals surface area contributed by atoms with Gasteiger partial charge in [0.2, 0.25) is 10.0 Å². The second-order valence-corrected chi connectivity index (χ2v) is 10.5. The van der Waals surface area contributed by atoms with Gasteiger partial charge in [-0.25, -0.2) is 12.7 Å². The number of benzene rings is 1. The number of carbonyl (C=O) groups excluding carboxylic acids is 1. The van der Waals surface area contributed by atoms with Crippen LogP contribution in [0.3, 0.4) is 0 Å². The Hall–Kier alpha value is -2.97. The molecule has 3 heterocycles. The Balaban J connectivity index is 1.64. The number of aromatic nitrogens is 1. The van der Waals surface area contributed by atoms with Crippen molar-refractivity contribution >= 4 is 61.3 Å². The number of furan rings is 1. The molecule has 3 aromatic rings. The van der Waals surface area contributed by atoms with E-state index in [0.717, 1.165) is 9.69 Å². The zero-order valence-corrected chi connectivity index (χ0v) is 18.8. The summed E-state index contributed by atoms with van der Waals surface area (Å²) in [7, 11) is -0.523. The second kappa shape index (κ2) is 8.28. The molecule has 0 aliphatic carbocycles. The van der Waals surface area contributed by atoms with Gasteiger partial charge >= 0.3 is 0 Å². The predicted molar refractivity (Wildman–Crippen MR) is 124 cm³/mol. The van der Waals surface area contributed by atoms with Crippen molar-refractivity contribution in [2.75, 3.05) is 14.1 Å². The fraction of sp³-hybridized carbons (Fsp3) is 0.0952. The van der Waals surface area contributed by atoms with Crippen molar-refractivity contribution in [2.24, 2.45) is 0 Å². The van der Waals surface area contributed by atoms with Crippen LogP contribution in [0.25, 0.3) is 17.0 Å². The number of nitrogens with zero attached hydrogens (tertiary/aromatic N) is 2. The van der Waals surface area contributed by atoms with Crippen molar-refractivity contribution in [3.63, 3.8) is 0 Å². The van der Waals surface area contributed by atoms with E-state index in [0.29, 0.717) is 31.7 Å². The molecule has 10 heteroatoms. The van der Waals surface area contributed by atoms with Crippen molar-refractivity contribution in [3.8, 4) is 11.8 Å². The van der Waals surface area contributed by atoms with Crippen LogP contribution in [0.2, 0.25) is 0 Å². The first-order valence-corrected chi connectivity index (χ1v) is 11.6. The molecule has 2 aromatic heterocycles. The first kappa shape index (κ1) is 21.3. The van der Waals surface area contributed by atoms with Crippen LogP contribution in [0.15, 0.2) is 56.9 Å². The number of hydrogen-bond donors (Lipinski definition) is 1. The molecular weight excluding hydrogens is 454 g/mol. The van der Waals surface area contributed by atoms with Crippen molar-refractivity contribution < 1.29 is 17.6 Å². The van der Waals surface area contributed by atoms with E-state index in [1.807, 2.05) is 0 Å². The molecule has 156 valence electrons. The molecule has 1 N–H and O–H groups in total. The molecule has 0 bridgehead atoms. The smallest absolute Gasteiger partial charge is 0.263 e. The van der Waals surface area contributed by atoms with Gasteiger partial charge in [0.1, 0.15) is 10.1 Å². The highest BCUT2D eigenvalue weighted by atomic mass is 32.2. The van der Waals surface area contributed by atoms with Gasteiger partial charge in [0.15, 0.2) is 5.58 Å². The molecule has 1 fully saturated rings. The summed E-state index contributed by atoms with van der Waals surface area (Å²) in [6.45, 7) is 0. The fourth-order valence-corrected chi connectivity index (χ4v) is 4.68. The highest BCUT2D eigenvalue weighted by molar-refractivity contribution is 8.26. The number of hydrogen-bond acceptors (Lipinski definition) is 7. The number of rotatable bonds is 3. The number of carbonyl (C=O) groups is 1. The number of amides is 1. The lowest BCUT2D eigenvalue weighted by Crippen LogP contribution is -2.22. The molecule has 1 aromatic carbocycles. The first-order chi connectivity index (χ1) is 14.7. The zero-order chi connectivity index (χ0) is 22.2. The van der Waals surface area contributed by atoms with E-state index < -0.39 is 10.0 Å². The monoisotopic (exact) mass is 469 g/mol. The summed E-state index contributed by atoms with van der Waals surface area (Å²) in [5, 5.41) is 3.31. The Kier molecular flexibility index (Phi) is 5.68. The molecule has 4 rings (SSSR count). The van der Waals surface area contributed by atoms with Crippen LogP contribution in [-0.2, 0) is 14.8 Å². The number of nitrogens with one attached hydrogen (secondary N) is 1. The molecule has 0 atom stereocenters. The number of sulfonamides is 1. The van der Waals surface area contributed by atoms with Crippen molar-refractivity contribution in [3.05, 3.63) is 64.5 Å². The SMILES string of the molecule is CN(C)S(=O)(=O)c1ccc(C#Cc2cncc3cc(/C=C4/SC(=S)NC4=O)oc23)cc1. The molecule has 1 saturated heterocycles. The maximum absolute atomic E-state index is 12.2. The van der Waals surface area contributed by atoms with E-state index in [1.165, 1.54) is 38.0 Å². The number of thiocarbonyl (C=S) groups is 1. The topological polar surface area (TPSA) is 92.5 Å². The van der Waals surface area contributed by atoms with Gasteiger partial charge in [-0.1, -0.05) is 35.8 Å². The van der Waals surface area contributed by atoms with Crippen molar-refractivity contribution in [1.82, 2.24) is 14.6 Å². The minimum atomic E-state index is -3.49. The van der Waals surface area contributed by atoms with Crippen LogP contribution in [0.4, 0.5) is 0 Å². The quantitative estimate of drug-likeness (QED) is 0.358. The Morgan fingerprint density at radius 1 is 1.19 bits per heavy atom. The molecule has 0 unspecified atom stereocenters. The average molecular weight is 470 g/mol. The number of fused-ring (bicyclic) bond motifs is 1. The molecule has 1 amide bonds. The summed E-state index contributed by atoms with van der Waals surface area (Å²) < 4.78 is 31.8. The average Bonchev–Trinajstić information content (AvgIpc) is 3.28. The molecule has 0 radical (unpaired) electrons. The Labute approximate surface area is 188 Å². The van der Waals surface area contributed by atoms with Crippen LogP contribution in [0.1, 0.15) is 16.9 Å². The van der Waals surface area contributed by atoms with E-state index in [-0.39, 0.29) is 10.8 Å². The van der Waals surface area contributed by atoms with Gasteiger partial charge in [-0.2, -0.15) is 0 Å². The van der Waals surface area contributed by atoms with E-state index in [9.17, 15) is 13.2 Å². The lowest BCUT2D eigenvalue weighted by Gasteiger charge is -2.10. The third kappa shape index (κ3) is 4.40. The summed E-state index contributed by atoms with van der Waals surface area (Å²) in [6, 6.07) is 8.10. The molecule has 7 nitrogen and oxygen atoms in total. The molecule has 1 aliphatic rings. The van der Waals surface area contributed by atoms with E-state index >= 15 is 0 Å². The van der Waals surface area contributed by atoms with Crippen LogP contribution < -0.4 is 5.32 Å². The van der Waals surface area contributed by atoms with E-state index in [1.54, 1.807) is 36.7 Å². The number of thioether (sulfide) groups is 1. The third-order valence-corrected chi connectivity index (χ3v) is 7.32. The largest absolute Gasteiger partial charge is 0.455 e. The van der Waals surface area contributed by atoms with Crippen LogP contribution in [0, 0.1) is 11.8 Å². The third-order valence-electron chi connectivity index (χ3n) is 4.33. The lowest BCUT2D eigenvalue weighted by atomic mass is 10.2. The van der Waals surface area contributed by atoms with E-state index in [4.69, 9.17) is 16.6 Å². The minimum Gasteiger partial charge on any atom is -0.455 e. The summed E-state index contributed by atoms with van der Waals surface area (Å²) in [6.07, 6.45) is 4.87. The van der Waals surface area contributed by atoms with Gasteiger partial charge in [-0.15, -0.1) is 0 Å². The predicted octanol–water partition coefficient (Wildman–Crippen LogP) is 2.97. The Morgan fingerprint density at radius 3 is 2.58 bits per heavy atom. The lowest BCUT2D eigenvalue weighted by molar-refractivity contribution is -0.115. The standard InChI is InChI=1S/C21H15N3O4S3/c1-24(2)31(26,27)17-7-4-13(5-8-17)3-6-14-11-22-12-15-9-16(28-19(14)15)10-18-20(25)23-21(29)30-18/h4-5,7-12H,1-2H3,(H,23,25,29)/b18-10+. The van der Waals surface area contributed by atoms with Gasteiger partial charge in [-0.05, 0) is 30.3 Å². The van der Waals surface area contributed by atoms with Crippen molar-refractivity contribution in [1.29, 1.82) is 0 Å². The number of pyridine rings is 1. The van der Waals surface area contributed by atoms with Gasteiger partial charge in [0, 0.05) is 43.5 Å². The normalized spacial score (nSPS) is 15.4. The summed E-state index contributed by atoms with van der Waals surface area (Å²) in [4.78, 5) is 16.7. The van der Waals surface area contributed by atoms with Crippen LogP contribution in [-0.4, -0.2) is 42.0 Å². The van der Waals surface area contributed by atoms with Gasteiger partial charge in [0.25, 0.3) is 5.91 Å². The summed E-state index contributed by atoms with van der Waals surface area (Å²) >= 11 is 6.17. The molecular formula is C21H15N3O4S3. The Bertz CT molecular complexity index is 1410. The molecule has 0 saturated carbocycles. The fourth-order valence-electron chi connectivity index (χ4n) is 2.75. The molecule has 0 spiro atoms. The summed E-state index contributed by atoms with van der Waals surface area (Å²) in [5.74, 6) is 6.25. The second-order valence-electron chi connectivity index (χ2n) is 6.67. The zero-order valence-electron chi connectivity index (χ0n) is 16.4. The van der Waals surface area contributed by atoms with Crippen molar-refractivity contribution in [2.45, 2.75) is 4.90 Å². The van der Waals surface area contributed by atoms with Crippen LogP contribution in [0.5, 0.6) is 0 Å². The van der Waals surface area contributed by atoms with Gasteiger partial charge in [0.05, 0.1) is 15.4 Å². The first-order valence-electron chi connectivity index (χ1n) is 8.91. The van der Waals surface area contributed by atoms with Crippen LogP contribution >= 0.6 is 24.0 Å². The molecule has 1 aliphatic heterocycles.